The number of rotatable bonds is 6. The van der Waals surface area contributed by atoms with Gasteiger partial charge in [0, 0.05) is 22.3 Å². The second-order valence-electron chi connectivity index (χ2n) is 9.81. The summed E-state index contributed by atoms with van der Waals surface area (Å²) in [7, 11) is 0. The number of H-pyrrole nitrogens is 1. The highest BCUT2D eigenvalue weighted by atomic mass is 15.4. The van der Waals surface area contributed by atoms with Gasteiger partial charge in [0.15, 0.2) is 0 Å². The molecule has 7 nitrogen and oxygen atoms in total. The van der Waals surface area contributed by atoms with Crippen LogP contribution in [0.25, 0.3) is 56.9 Å². The Morgan fingerprint density at radius 1 is 0.463 bits per heavy atom. The lowest BCUT2D eigenvalue weighted by molar-refractivity contribution is 0.892. The minimum Gasteiger partial charge on any atom is -0.264 e. The Labute approximate surface area is 237 Å². The molecule has 0 unspecified atom stereocenters. The van der Waals surface area contributed by atoms with E-state index in [1.54, 1.807) is 0 Å². The maximum absolute atomic E-state index is 5.04. The van der Waals surface area contributed by atoms with Crippen LogP contribution in [0.15, 0.2) is 121 Å². The Hall–Kier alpha value is -5.56. The third-order valence-electron chi connectivity index (χ3n) is 7.15. The molecule has 4 aromatic carbocycles. The van der Waals surface area contributed by atoms with Crippen molar-refractivity contribution in [3.8, 4) is 56.9 Å². The standard InChI is InChI=1S/C34H27N7/c1-23-35-29(25-15-7-3-8-16-25)31(27-19-11-5-12-20-27)40(23)33-37-34(39-38-33)41-24(2)36-30(26-17-9-4-10-18-26)32(41)28-21-13-6-14-22-28/h3-22H,1-2H3,(H,37,38,39). The van der Waals surface area contributed by atoms with E-state index < -0.39 is 0 Å². The molecular weight excluding hydrogens is 506 g/mol. The third kappa shape index (κ3) is 4.33. The average Bonchev–Trinajstić information content (AvgIpc) is 3.74. The Morgan fingerprint density at radius 2 is 0.854 bits per heavy atom. The van der Waals surface area contributed by atoms with Crippen molar-refractivity contribution in [3.05, 3.63) is 133 Å². The van der Waals surface area contributed by atoms with E-state index in [0.717, 1.165) is 56.7 Å². The maximum Gasteiger partial charge on any atom is 0.256 e. The van der Waals surface area contributed by atoms with Gasteiger partial charge in [-0.25, -0.2) is 15.1 Å². The summed E-state index contributed by atoms with van der Waals surface area (Å²) < 4.78 is 4.06. The zero-order valence-electron chi connectivity index (χ0n) is 22.7. The first kappa shape index (κ1) is 24.5. The van der Waals surface area contributed by atoms with Gasteiger partial charge < -0.3 is 0 Å². The summed E-state index contributed by atoms with van der Waals surface area (Å²) >= 11 is 0. The Morgan fingerprint density at radius 3 is 1.32 bits per heavy atom. The van der Waals surface area contributed by atoms with Crippen molar-refractivity contribution in [1.82, 2.24) is 34.3 Å². The van der Waals surface area contributed by atoms with Gasteiger partial charge in [0.1, 0.15) is 11.6 Å². The highest BCUT2D eigenvalue weighted by Crippen LogP contribution is 2.36. The lowest BCUT2D eigenvalue weighted by Crippen LogP contribution is -2.04. The SMILES string of the molecule is Cc1nc(-c2ccccc2)c(-c2ccccc2)n1-c1n[nH]c(-n2c(C)nc(-c3ccccc3)c2-c2ccccc2)n1. The van der Waals surface area contributed by atoms with E-state index in [0.29, 0.717) is 11.9 Å². The minimum atomic E-state index is 0.513. The van der Waals surface area contributed by atoms with Crippen molar-refractivity contribution >= 4 is 0 Å². The molecule has 0 aliphatic heterocycles. The van der Waals surface area contributed by atoms with E-state index in [4.69, 9.17) is 20.1 Å². The van der Waals surface area contributed by atoms with E-state index in [-0.39, 0.29) is 0 Å². The van der Waals surface area contributed by atoms with Crippen LogP contribution >= 0.6 is 0 Å². The van der Waals surface area contributed by atoms with E-state index in [1.807, 2.05) is 95.8 Å². The third-order valence-corrected chi connectivity index (χ3v) is 7.15. The molecule has 198 valence electrons. The van der Waals surface area contributed by atoms with Crippen LogP contribution in [0.1, 0.15) is 11.6 Å². The van der Waals surface area contributed by atoms with Crippen LogP contribution in [-0.4, -0.2) is 34.3 Å². The summed E-state index contributed by atoms with van der Waals surface area (Å²) in [6.07, 6.45) is 0. The summed E-state index contributed by atoms with van der Waals surface area (Å²) in [5, 5.41) is 7.92. The summed E-state index contributed by atoms with van der Waals surface area (Å²) in [6.45, 7) is 3.98. The zero-order chi connectivity index (χ0) is 27.8. The van der Waals surface area contributed by atoms with E-state index >= 15 is 0 Å². The van der Waals surface area contributed by atoms with Crippen LogP contribution in [0.3, 0.4) is 0 Å². The molecule has 0 radical (unpaired) electrons. The number of nitrogens with zero attached hydrogens (tertiary/aromatic N) is 6. The van der Waals surface area contributed by atoms with Crippen LogP contribution in [0.5, 0.6) is 0 Å². The first-order valence-corrected chi connectivity index (χ1v) is 13.5. The molecule has 0 atom stereocenters. The fourth-order valence-corrected chi connectivity index (χ4v) is 5.33. The van der Waals surface area contributed by atoms with Gasteiger partial charge in [0.25, 0.3) is 5.95 Å². The minimum absolute atomic E-state index is 0.513. The van der Waals surface area contributed by atoms with E-state index in [9.17, 15) is 0 Å². The average molecular weight is 534 g/mol. The first-order valence-electron chi connectivity index (χ1n) is 13.5. The molecule has 0 amide bonds. The molecule has 41 heavy (non-hydrogen) atoms. The fraction of sp³-hybridized carbons (Fsp3) is 0.0588. The molecule has 7 aromatic rings. The molecule has 0 aliphatic carbocycles. The Balaban J connectivity index is 1.43. The molecule has 0 saturated heterocycles. The number of aryl methyl sites for hydroxylation is 2. The number of aromatic amines is 1. The van der Waals surface area contributed by atoms with Crippen LogP contribution in [0.2, 0.25) is 0 Å². The van der Waals surface area contributed by atoms with Gasteiger partial charge in [0.2, 0.25) is 5.95 Å². The number of hydrogen-bond donors (Lipinski definition) is 1. The lowest BCUT2D eigenvalue weighted by atomic mass is 10.0. The molecule has 3 aromatic heterocycles. The van der Waals surface area contributed by atoms with Gasteiger partial charge in [-0.05, 0) is 13.8 Å². The molecule has 3 heterocycles. The molecule has 1 N–H and O–H groups in total. The second-order valence-corrected chi connectivity index (χ2v) is 9.81. The summed E-state index contributed by atoms with van der Waals surface area (Å²) in [5.74, 6) is 2.70. The number of aromatic nitrogens is 7. The molecule has 7 heteroatoms. The largest absolute Gasteiger partial charge is 0.264 e. The molecule has 0 fully saturated rings. The summed E-state index contributed by atoms with van der Waals surface area (Å²) in [6, 6.07) is 41.0. The molecule has 0 saturated carbocycles. The van der Waals surface area contributed by atoms with E-state index in [1.165, 1.54) is 0 Å². The lowest BCUT2D eigenvalue weighted by Gasteiger charge is -2.10. The maximum atomic E-state index is 5.04. The first-order chi connectivity index (χ1) is 20.2. The number of nitrogens with one attached hydrogen (secondary N) is 1. The molecular formula is C34H27N7. The highest BCUT2D eigenvalue weighted by Gasteiger charge is 2.24. The Kier molecular flexibility index (Phi) is 6.09. The van der Waals surface area contributed by atoms with Crippen molar-refractivity contribution in [2.24, 2.45) is 0 Å². The quantitative estimate of drug-likeness (QED) is 0.241. The van der Waals surface area contributed by atoms with Crippen LogP contribution < -0.4 is 0 Å². The van der Waals surface area contributed by atoms with Crippen molar-refractivity contribution in [2.75, 3.05) is 0 Å². The van der Waals surface area contributed by atoms with Crippen molar-refractivity contribution in [1.29, 1.82) is 0 Å². The normalized spacial score (nSPS) is 11.2. The summed E-state index contributed by atoms with van der Waals surface area (Å²) in [5.41, 5.74) is 7.82. The smallest absolute Gasteiger partial charge is 0.256 e. The molecule has 7 rings (SSSR count). The number of imidazole rings is 2. The van der Waals surface area contributed by atoms with Crippen LogP contribution in [-0.2, 0) is 0 Å². The van der Waals surface area contributed by atoms with E-state index in [2.05, 4.69) is 53.6 Å². The molecule has 0 spiro atoms. The van der Waals surface area contributed by atoms with Crippen LogP contribution in [0.4, 0.5) is 0 Å². The topological polar surface area (TPSA) is 77.2 Å². The van der Waals surface area contributed by atoms with Gasteiger partial charge in [-0.15, -0.1) is 5.10 Å². The highest BCUT2D eigenvalue weighted by molar-refractivity contribution is 5.81. The summed E-state index contributed by atoms with van der Waals surface area (Å²) in [4.78, 5) is 15.0. The van der Waals surface area contributed by atoms with Gasteiger partial charge >= 0.3 is 0 Å². The molecule has 0 aliphatic rings. The van der Waals surface area contributed by atoms with Gasteiger partial charge in [-0.2, -0.15) is 4.98 Å². The fourth-order valence-electron chi connectivity index (χ4n) is 5.33. The monoisotopic (exact) mass is 533 g/mol. The molecule has 0 bridgehead atoms. The Bertz CT molecular complexity index is 1790. The number of hydrogen-bond acceptors (Lipinski definition) is 4. The zero-order valence-corrected chi connectivity index (χ0v) is 22.7. The van der Waals surface area contributed by atoms with Crippen molar-refractivity contribution in [3.63, 3.8) is 0 Å². The van der Waals surface area contributed by atoms with Crippen LogP contribution in [0, 0.1) is 13.8 Å². The predicted molar refractivity (Wildman–Crippen MR) is 162 cm³/mol. The number of benzene rings is 4. The van der Waals surface area contributed by atoms with Gasteiger partial charge in [0.05, 0.1) is 22.8 Å². The van der Waals surface area contributed by atoms with Gasteiger partial charge in [-0.3, -0.25) is 9.13 Å². The van der Waals surface area contributed by atoms with Crippen molar-refractivity contribution < 1.29 is 0 Å². The second kappa shape index (κ2) is 10.2. The van der Waals surface area contributed by atoms with Crippen molar-refractivity contribution in [2.45, 2.75) is 13.8 Å². The predicted octanol–water partition coefficient (Wildman–Crippen LogP) is 7.46. The van der Waals surface area contributed by atoms with Gasteiger partial charge in [-0.1, -0.05) is 121 Å².